The maximum atomic E-state index is 12.4. The number of benzene rings is 2. The predicted octanol–water partition coefficient (Wildman–Crippen LogP) is 3.85. The zero-order chi connectivity index (χ0) is 16.9. The highest BCUT2D eigenvalue weighted by atomic mass is 35.5. The second-order valence-electron chi connectivity index (χ2n) is 5.90. The van der Waals surface area contributed by atoms with Crippen molar-refractivity contribution in [2.24, 2.45) is 0 Å². The molecule has 0 spiro atoms. The Labute approximate surface area is 152 Å². The molecule has 0 aliphatic carbocycles. The topological polar surface area (TPSA) is 32.3 Å². The molecule has 1 aliphatic heterocycles. The van der Waals surface area contributed by atoms with Crippen LogP contribution in [0.4, 0.5) is 0 Å². The van der Waals surface area contributed by atoms with Crippen molar-refractivity contribution >= 4 is 29.3 Å². The number of nitrogens with zero attached hydrogens (tertiary/aromatic N) is 1. The molecule has 0 saturated heterocycles. The van der Waals surface area contributed by atoms with E-state index in [1.807, 2.05) is 18.4 Å². The highest BCUT2D eigenvalue weighted by Gasteiger charge is 2.16. The van der Waals surface area contributed by atoms with Gasteiger partial charge in [0.1, 0.15) is 0 Å². The van der Waals surface area contributed by atoms with Gasteiger partial charge in [-0.1, -0.05) is 35.9 Å². The Bertz CT molecular complexity index is 735. The number of nitrogens with one attached hydrogen (secondary N) is 1. The standard InChI is InChI=1S/C19H21ClN2OS/c1-24-16-6-7-18(20)17(12-16)19(23)21-9-11-22-10-8-14-4-2-3-5-15(14)13-22/h2-7,12H,8-11,13H2,1H3,(H,21,23). The van der Waals surface area contributed by atoms with Crippen LogP contribution >= 0.6 is 23.4 Å². The fraction of sp³-hybridized carbons (Fsp3) is 0.316. The van der Waals surface area contributed by atoms with E-state index in [-0.39, 0.29) is 5.91 Å². The summed E-state index contributed by atoms with van der Waals surface area (Å²) in [7, 11) is 0. The van der Waals surface area contributed by atoms with Crippen molar-refractivity contribution in [3.8, 4) is 0 Å². The molecule has 0 unspecified atom stereocenters. The van der Waals surface area contributed by atoms with Crippen LogP contribution in [0.2, 0.25) is 5.02 Å². The molecule has 24 heavy (non-hydrogen) atoms. The summed E-state index contributed by atoms with van der Waals surface area (Å²) < 4.78 is 0. The minimum absolute atomic E-state index is 0.103. The highest BCUT2D eigenvalue weighted by molar-refractivity contribution is 7.98. The molecule has 126 valence electrons. The molecular weight excluding hydrogens is 340 g/mol. The molecule has 2 aromatic carbocycles. The number of hydrogen-bond donors (Lipinski definition) is 1. The number of carbonyl (C=O) groups is 1. The Hall–Kier alpha value is -1.49. The third kappa shape index (κ3) is 4.12. The summed E-state index contributed by atoms with van der Waals surface area (Å²) in [4.78, 5) is 15.8. The molecule has 0 fully saturated rings. The number of fused-ring (bicyclic) bond motifs is 1. The van der Waals surface area contributed by atoms with Gasteiger partial charge in [-0.25, -0.2) is 0 Å². The molecule has 0 radical (unpaired) electrons. The van der Waals surface area contributed by atoms with Gasteiger partial charge >= 0.3 is 0 Å². The van der Waals surface area contributed by atoms with Gasteiger partial charge in [-0.3, -0.25) is 9.69 Å². The van der Waals surface area contributed by atoms with Crippen molar-refractivity contribution in [3.05, 3.63) is 64.2 Å². The van der Waals surface area contributed by atoms with Crippen LogP contribution in [0.5, 0.6) is 0 Å². The Morgan fingerprint density at radius 1 is 1.25 bits per heavy atom. The van der Waals surface area contributed by atoms with E-state index in [1.54, 1.807) is 17.8 Å². The molecule has 3 nitrogen and oxygen atoms in total. The summed E-state index contributed by atoms with van der Waals surface area (Å²) in [5.41, 5.74) is 3.39. The number of hydrogen-bond acceptors (Lipinski definition) is 3. The molecule has 0 saturated carbocycles. The average molecular weight is 361 g/mol. The van der Waals surface area contributed by atoms with E-state index in [9.17, 15) is 4.79 Å². The fourth-order valence-electron chi connectivity index (χ4n) is 2.97. The van der Waals surface area contributed by atoms with E-state index >= 15 is 0 Å². The third-order valence-corrected chi connectivity index (χ3v) is 5.40. The van der Waals surface area contributed by atoms with Crippen molar-refractivity contribution in [1.29, 1.82) is 0 Å². The van der Waals surface area contributed by atoms with Crippen molar-refractivity contribution in [2.45, 2.75) is 17.9 Å². The quantitative estimate of drug-likeness (QED) is 0.822. The molecule has 1 N–H and O–H groups in total. The van der Waals surface area contributed by atoms with Crippen LogP contribution < -0.4 is 5.32 Å². The Morgan fingerprint density at radius 3 is 2.83 bits per heavy atom. The van der Waals surface area contributed by atoms with Gasteiger partial charge in [0.15, 0.2) is 0 Å². The molecule has 0 aromatic heterocycles. The lowest BCUT2D eigenvalue weighted by molar-refractivity contribution is 0.0947. The molecule has 2 aromatic rings. The lowest BCUT2D eigenvalue weighted by Gasteiger charge is -2.28. The monoisotopic (exact) mass is 360 g/mol. The molecule has 0 atom stereocenters. The zero-order valence-electron chi connectivity index (χ0n) is 13.7. The predicted molar refractivity (Wildman–Crippen MR) is 101 cm³/mol. The molecular formula is C19H21ClN2OS. The molecule has 0 bridgehead atoms. The van der Waals surface area contributed by atoms with Crippen molar-refractivity contribution in [2.75, 3.05) is 25.9 Å². The molecule has 1 aliphatic rings. The number of amides is 1. The summed E-state index contributed by atoms with van der Waals surface area (Å²) in [6.45, 7) is 3.46. The normalized spacial score (nSPS) is 14.2. The van der Waals surface area contributed by atoms with Gasteiger partial charge < -0.3 is 5.32 Å². The summed E-state index contributed by atoms with van der Waals surface area (Å²) in [5, 5.41) is 3.49. The van der Waals surface area contributed by atoms with E-state index in [4.69, 9.17) is 11.6 Å². The second-order valence-corrected chi connectivity index (χ2v) is 7.18. The number of rotatable bonds is 5. The smallest absolute Gasteiger partial charge is 0.252 e. The van der Waals surface area contributed by atoms with Gasteiger partial charge in [0.05, 0.1) is 10.6 Å². The third-order valence-electron chi connectivity index (χ3n) is 4.34. The van der Waals surface area contributed by atoms with Crippen molar-refractivity contribution < 1.29 is 4.79 Å². The Morgan fingerprint density at radius 2 is 2.04 bits per heavy atom. The van der Waals surface area contributed by atoms with Gasteiger partial charge in [0.25, 0.3) is 5.91 Å². The van der Waals surface area contributed by atoms with E-state index in [1.165, 1.54) is 11.1 Å². The first-order valence-electron chi connectivity index (χ1n) is 8.08. The minimum Gasteiger partial charge on any atom is -0.351 e. The first-order valence-corrected chi connectivity index (χ1v) is 9.68. The van der Waals surface area contributed by atoms with Crippen molar-refractivity contribution in [3.63, 3.8) is 0 Å². The van der Waals surface area contributed by atoms with Crippen LogP contribution in [-0.4, -0.2) is 36.7 Å². The highest BCUT2D eigenvalue weighted by Crippen LogP contribution is 2.23. The van der Waals surface area contributed by atoms with E-state index in [0.29, 0.717) is 17.1 Å². The minimum atomic E-state index is -0.103. The fourth-order valence-corrected chi connectivity index (χ4v) is 3.62. The van der Waals surface area contributed by atoms with Gasteiger partial charge in [-0.15, -0.1) is 11.8 Å². The Balaban J connectivity index is 1.53. The summed E-state index contributed by atoms with van der Waals surface area (Å²) in [6.07, 6.45) is 3.06. The SMILES string of the molecule is CSc1ccc(Cl)c(C(=O)NCCN2CCc3ccccc3C2)c1. The van der Waals surface area contributed by atoms with Crippen LogP contribution in [0.25, 0.3) is 0 Å². The Kier molecular flexibility index (Phi) is 5.82. The molecule has 5 heteroatoms. The van der Waals surface area contributed by atoms with E-state index < -0.39 is 0 Å². The molecule has 1 amide bonds. The first-order chi connectivity index (χ1) is 11.7. The second kappa shape index (κ2) is 8.06. The summed E-state index contributed by atoms with van der Waals surface area (Å²) in [5.74, 6) is -0.103. The lowest BCUT2D eigenvalue weighted by atomic mass is 10.00. The van der Waals surface area contributed by atoms with Crippen LogP contribution in [0.3, 0.4) is 0 Å². The molecule has 3 rings (SSSR count). The maximum absolute atomic E-state index is 12.4. The number of carbonyl (C=O) groups excluding carboxylic acids is 1. The average Bonchev–Trinajstić information content (AvgIpc) is 2.62. The maximum Gasteiger partial charge on any atom is 0.252 e. The van der Waals surface area contributed by atoms with E-state index in [0.717, 1.165) is 31.0 Å². The summed E-state index contributed by atoms with van der Waals surface area (Å²) in [6, 6.07) is 14.1. The lowest BCUT2D eigenvalue weighted by Crippen LogP contribution is -2.37. The molecule has 1 heterocycles. The van der Waals surface area contributed by atoms with Gasteiger partial charge in [-0.05, 0) is 42.0 Å². The van der Waals surface area contributed by atoms with Gasteiger partial charge in [-0.2, -0.15) is 0 Å². The largest absolute Gasteiger partial charge is 0.351 e. The van der Waals surface area contributed by atoms with Crippen LogP contribution in [-0.2, 0) is 13.0 Å². The zero-order valence-corrected chi connectivity index (χ0v) is 15.3. The summed E-state index contributed by atoms with van der Waals surface area (Å²) >= 11 is 7.75. The van der Waals surface area contributed by atoms with Crippen LogP contribution in [0.15, 0.2) is 47.4 Å². The van der Waals surface area contributed by atoms with Crippen LogP contribution in [0.1, 0.15) is 21.5 Å². The van der Waals surface area contributed by atoms with E-state index in [2.05, 4.69) is 34.5 Å². The van der Waals surface area contributed by atoms with Gasteiger partial charge in [0.2, 0.25) is 0 Å². The number of halogens is 1. The number of thioether (sulfide) groups is 1. The van der Waals surface area contributed by atoms with Gasteiger partial charge in [0, 0.05) is 31.1 Å². The first kappa shape index (κ1) is 17.3. The van der Waals surface area contributed by atoms with Crippen molar-refractivity contribution in [1.82, 2.24) is 10.2 Å². The van der Waals surface area contributed by atoms with Crippen LogP contribution in [0, 0.1) is 0 Å².